The fraction of sp³-hybridized carbons (Fsp3) is 0.714. The van der Waals surface area contributed by atoms with Crippen LogP contribution in [0.3, 0.4) is 0 Å². The molecule has 0 aromatic rings. The number of rotatable bonds is 4. The molecule has 20 heavy (non-hydrogen) atoms. The summed E-state index contributed by atoms with van der Waals surface area (Å²) >= 11 is 1.33. The van der Waals surface area contributed by atoms with Crippen LogP contribution in [0.15, 0.2) is 11.6 Å². The van der Waals surface area contributed by atoms with Crippen LogP contribution in [-0.2, 0) is 14.3 Å². The quantitative estimate of drug-likeness (QED) is 0.454. The van der Waals surface area contributed by atoms with E-state index in [4.69, 9.17) is 9.47 Å². The van der Waals surface area contributed by atoms with Gasteiger partial charge in [0, 0.05) is 18.7 Å². The maximum absolute atomic E-state index is 11.9. The van der Waals surface area contributed by atoms with Gasteiger partial charge in [0.05, 0.1) is 12.5 Å². The molecule has 2 aliphatic rings. The van der Waals surface area contributed by atoms with Crippen LogP contribution in [0.2, 0.25) is 0 Å². The normalized spacial score (nSPS) is 21.4. The number of amides is 1. The highest BCUT2D eigenvalue weighted by atomic mass is 32.2. The van der Waals surface area contributed by atoms with Crippen molar-refractivity contribution in [3.63, 3.8) is 0 Å². The maximum Gasteiger partial charge on any atom is 0.420 e. The predicted octanol–water partition coefficient (Wildman–Crippen LogP) is 2.76. The third-order valence-corrected chi connectivity index (χ3v) is 4.07. The van der Waals surface area contributed by atoms with Gasteiger partial charge in [0.1, 0.15) is 5.60 Å². The molecule has 1 amide bonds. The molecule has 0 N–H and O–H groups in total. The molecule has 1 saturated heterocycles. The molecule has 1 aliphatic carbocycles. The first kappa shape index (κ1) is 15.2. The number of esters is 1. The third-order valence-electron chi connectivity index (χ3n) is 2.91. The Bertz CT molecular complexity index is 427. The molecule has 0 aromatic carbocycles. The summed E-state index contributed by atoms with van der Waals surface area (Å²) in [5.41, 5.74) is 0.836. The molecule has 112 valence electrons. The van der Waals surface area contributed by atoms with E-state index in [-0.39, 0.29) is 18.0 Å². The first-order valence-corrected chi connectivity index (χ1v) is 7.77. The Kier molecular flexibility index (Phi) is 4.62. The average molecular weight is 299 g/mol. The molecule has 1 atom stereocenters. The Morgan fingerprint density at radius 3 is 2.75 bits per heavy atom. The van der Waals surface area contributed by atoms with E-state index in [0.717, 1.165) is 12.8 Å². The van der Waals surface area contributed by atoms with E-state index in [2.05, 4.69) is 6.08 Å². The molecule has 6 heteroatoms. The van der Waals surface area contributed by atoms with Gasteiger partial charge < -0.3 is 9.47 Å². The molecule has 0 bridgehead atoms. The van der Waals surface area contributed by atoms with Crippen molar-refractivity contribution in [1.82, 2.24) is 4.31 Å². The van der Waals surface area contributed by atoms with Crippen LogP contribution in [-0.4, -0.2) is 40.9 Å². The predicted molar refractivity (Wildman–Crippen MR) is 77.2 cm³/mol. The summed E-state index contributed by atoms with van der Waals surface area (Å²) in [5.74, 6) is 0.103. The Morgan fingerprint density at radius 2 is 2.15 bits per heavy atom. The second kappa shape index (κ2) is 6.08. The van der Waals surface area contributed by atoms with Gasteiger partial charge in [0.25, 0.3) is 0 Å². The van der Waals surface area contributed by atoms with Crippen LogP contribution in [0.4, 0.5) is 4.79 Å². The highest BCUT2D eigenvalue weighted by Gasteiger charge is 2.35. The van der Waals surface area contributed by atoms with Crippen molar-refractivity contribution in [2.75, 3.05) is 18.9 Å². The topological polar surface area (TPSA) is 55.8 Å². The van der Waals surface area contributed by atoms with Gasteiger partial charge in [-0.05, 0) is 39.1 Å². The van der Waals surface area contributed by atoms with Crippen LogP contribution in [0.25, 0.3) is 0 Å². The second-order valence-corrected chi connectivity index (χ2v) is 7.05. The molecule has 5 nitrogen and oxygen atoms in total. The SMILES string of the molecule is CC(C)(C)OC(=O)N1CC(C(=O)OCCC2=CC2)CS1. The largest absolute Gasteiger partial charge is 0.465 e. The molecule has 1 unspecified atom stereocenters. The molecule has 0 aromatic heterocycles. The van der Waals surface area contributed by atoms with E-state index < -0.39 is 5.60 Å². The number of carbonyl (C=O) groups is 2. The number of carbonyl (C=O) groups excluding carboxylic acids is 2. The Hall–Kier alpha value is -1.17. The van der Waals surface area contributed by atoms with Gasteiger partial charge in [-0.2, -0.15) is 0 Å². The van der Waals surface area contributed by atoms with Crippen LogP contribution in [0, 0.1) is 5.92 Å². The summed E-state index contributed by atoms with van der Waals surface area (Å²) in [4.78, 5) is 23.7. The van der Waals surface area contributed by atoms with Gasteiger partial charge in [-0.3, -0.25) is 9.10 Å². The van der Waals surface area contributed by atoms with Crippen molar-refractivity contribution < 1.29 is 19.1 Å². The minimum absolute atomic E-state index is 0.218. The zero-order valence-corrected chi connectivity index (χ0v) is 13.0. The number of ether oxygens (including phenoxy) is 2. The molecule has 1 aliphatic heterocycles. The van der Waals surface area contributed by atoms with Gasteiger partial charge >= 0.3 is 12.1 Å². The van der Waals surface area contributed by atoms with Crippen LogP contribution in [0.1, 0.15) is 33.6 Å². The third kappa shape index (κ3) is 4.74. The summed E-state index contributed by atoms with van der Waals surface area (Å²) < 4.78 is 12.0. The standard InChI is InChI=1S/C14H21NO4S/c1-14(2,3)19-13(17)15-8-11(9-20-15)12(16)18-7-6-10-4-5-10/h4,11H,5-9H2,1-3H3. The molecular weight excluding hydrogens is 278 g/mol. The molecule has 2 rings (SSSR count). The van der Waals surface area contributed by atoms with Crippen LogP contribution >= 0.6 is 11.9 Å². The number of hydrogen-bond acceptors (Lipinski definition) is 5. The smallest absolute Gasteiger partial charge is 0.420 e. The molecule has 0 spiro atoms. The summed E-state index contributed by atoms with van der Waals surface area (Å²) in [6, 6.07) is 0. The lowest BCUT2D eigenvalue weighted by molar-refractivity contribution is -0.147. The van der Waals surface area contributed by atoms with E-state index in [1.165, 1.54) is 21.8 Å². The second-order valence-electron chi connectivity index (χ2n) is 6.02. The summed E-state index contributed by atoms with van der Waals surface area (Å²) in [6.45, 7) is 6.28. The van der Waals surface area contributed by atoms with Gasteiger partial charge in [-0.15, -0.1) is 0 Å². The number of nitrogens with zero attached hydrogens (tertiary/aromatic N) is 1. The van der Waals surface area contributed by atoms with Crippen molar-refractivity contribution in [3.8, 4) is 0 Å². The maximum atomic E-state index is 11.9. The molecule has 0 saturated carbocycles. The molecule has 0 radical (unpaired) electrons. The van der Waals surface area contributed by atoms with E-state index in [1.807, 2.05) is 20.8 Å². The zero-order chi connectivity index (χ0) is 14.8. The monoisotopic (exact) mass is 299 g/mol. The highest BCUT2D eigenvalue weighted by molar-refractivity contribution is 7.97. The van der Waals surface area contributed by atoms with E-state index in [9.17, 15) is 9.59 Å². The number of allylic oxidation sites excluding steroid dienone is 1. The van der Waals surface area contributed by atoms with Crippen molar-refractivity contribution >= 4 is 24.0 Å². The van der Waals surface area contributed by atoms with Gasteiger partial charge in [-0.1, -0.05) is 11.6 Å². The van der Waals surface area contributed by atoms with E-state index in [0.29, 0.717) is 18.9 Å². The lowest BCUT2D eigenvalue weighted by atomic mass is 10.2. The van der Waals surface area contributed by atoms with Crippen LogP contribution < -0.4 is 0 Å². The van der Waals surface area contributed by atoms with Gasteiger partial charge in [-0.25, -0.2) is 4.79 Å². The zero-order valence-electron chi connectivity index (χ0n) is 12.2. The summed E-state index contributed by atoms with van der Waals surface area (Å²) in [7, 11) is 0. The first-order valence-electron chi connectivity index (χ1n) is 6.83. The lowest BCUT2D eigenvalue weighted by Gasteiger charge is -2.23. The fourth-order valence-electron chi connectivity index (χ4n) is 1.75. The molecule has 1 fully saturated rings. The Labute approximate surface area is 123 Å². The fourth-order valence-corrected chi connectivity index (χ4v) is 2.77. The van der Waals surface area contributed by atoms with Crippen molar-refractivity contribution in [2.45, 2.75) is 39.2 Å². The van der Waals surface area contributed by atoms with Crippen molar-refractivity contribution in [3.05, 3.63) is 11.6 Å². The van der Waals surface area contributed by atoms with Crippen molar-refractivity contribution in [2.24, 2.45) is 5.92 Å². The molecular formula is C14H21NO4S. The van der Waals surface area contributed by atoms with Gasteiger partial charge in [0.2, 0.25) is 0 Å². The molecule has 1 heterocycles. The van der Waals surface area contributed by atoms with Gasteiger partial charge in [0.15, 0.2) is 0 Å². The average Bonchev–Trinajstić information content (AvgIpc) is 3.01. The van der Waals surface area contributed by atoms with Crippen molar-refractivity contribution in [1.29, 1.82) is 0 Å². The highest BCUT2D eigenvalue weighted by Crippen LogP contribution is 2.28. The van der Waals surface area contributed by atoms with Crippen LogP contribution in [0.5, 0.6) is 0 Å². The summed E-state index contributed by atoms with van der Waals surface area (Å²) in [6.07, 6.45) is 3.63. The first-order chi connectivity index (χ1) is 9.35. The Balaban J connectivity index is 1.71. The lowest BCUT2D eigenvalue weighted by Crippen LogP contribution is -2.33. The number of hydrogen-bond donors (Lipinski definition) is 0. The Morgan fingerprint density at radius 1 is 1.45 bits per heavy atom. The minimum atomic E-state index is -0.520. The minimum Gasteiger partial charge on any atom is -0.465 e. The van der Waals surface area contributed by atoms with E-state index >= 15 is 0 Å². The summed E-state index contributed by atoms with van der Waals surface area (Å²) in [5, 5.41) is 0. The van der Waals surface area contributed by atoms with E-state index in [1.54, 1.807) is 0 Å².